The maximum Gasteiger partial charge on any atom is 0.321 e. The van der Waals surface area contributed by atoms with Crippen LogP contribution in [-0.4, -0.2) is 47.0 Å². The molecule has 3 N–H and O–H groups in total. The van der Waals surface area contributed by atoms with E-state index in [-0.39, 0.29) is 6.54 Å². The first-order valence-corrected chi connectivity index (χ1v) is 7.52. The average molecular weight is 321 g/mol. The highest BCUT2D eigenvalue weighted by atomic mass is 16.4. The SMILES string of the molecule is CCCN(CC(=O)O)C(C)C(=O)NC(=O)NCc1ccccc1. The Kier molecular flexibility index (Phi) is 7.76. The molecule has 1 aromatic rings. The van der Waals surface area contributed by atoms with Gasteiger partial charge in [-0.15, -0.1) is 0 Å². The molecule has 0 spiro atoms. The monoisotopic (exact) mass is 321 g/mol. The number of benzene rings is 1. The van der Waals surface area contributed by atoms with E-state index in [1.165, 1.54) is 4.90 Å². The molecule has 7 heteroatoms. The Morgan fingerprint density at radius 3 is 2.43 bits per heavy atom. The lowest BCUT2D eigenvalue weighted by Gasteiger charge is -2.25. The quantitative estimate of drug-likeness (QED) is 0.668. The smallest absolute Gasteiger partial charge is 0.321 e. The van der Waals surface area contributed by atoms with Crippen molar-refractivity contribution in [1.82, 2.24) is 15.5 Å². The van der Waals surface area contributed by atoms with Gasteiger partial charge in [-0.05, 0) is 25.5 Å². The van der Waals surface area contributed by atoms with Crippen molar-refractivity contribution < 1.29 is 19.5 Å². The molecule has 126 valence electrons. The summed E-state index contributed by atoms with van der Waals surface area (Å²) in [7, 11) is 0. The molecular formula is C16H23N3O4. The third-order valence-electron chi connectivity index (χ3n) is 3.31. The molecule has 1 aromatic carbocycles. The fourth-order valence-corrected chi connectivity index (χ4v) is 2.08. The first kappa shape index (κ1) is 18.6. The van der Waals surface area contributed by atoms with Crippen molar-refractivity contribution >= 4 is 17.9 Å². The zero-order chi connectivity index (χ0) is 17.2. The molecule has 23 heavy (non-hydrogen) atoms. The molecule has 1 rings (SSSR count). The van der Waals surface area contributed by atoms with Crippen molar-refractivity contribution in [3.63, 3.8) is 0 Å². The van der Waals surface area contributed by atoms with Crippen molar-refractivity contribution in [3.8, 4) is 0 Å². The summed E-state index contributed by atoms with van der Waals surface area (Å²) in [6.45, 7) is 4.01. The van der Waals surface area contributed by atoms with E-state index in [2.05, 4.69) is 10.6 Å². The van der Waals surface area contributed by atoms with E-state index in [0.717, 1.165) is 5.56 Å². The van der Waals surface area contributed by atoms with Gasteiger partial charge in [-0.25, -0.2) is 4.79 Å². The predicted octanol–water partition coefficient (Wildman–Crippen LogP) is 1.20. The number of carboxylic acids is 1. The van der Waals surface area contributed by atoms with Gasteiger partial charge in [0.25, 0.3) is 0 Å². The molecule has 1 atom stereocenters. The number of carbonyl (C=O) groups excluding carboxylic acids is 2. The van der Waals surface area contributed by atoms with Crippen LogP contribution in [0.5, 0.6) is 0 Å². The molecule has 7 nitrogen and oxygen atoms in total. The zero-order valence-corrected chi connectivity index (χ0v) is 13.4. The topological polar surface area (TPSA) is 98.7 Å². The molecule has 3 amide bonds. The van der Waals surface area contributed by atoms with Crippen LogP contribution in [0.3, 0.4) is 0 Å². The average Bonchev–Trinajstić information content (AvgIpc) is 2.52. The summed E-state index contributed by atoms with van der Waals surface area (Å²) in [5.74, 6) is -1.53. The second-order valence-corrected chi connectivity index (χ2v) is 5.20. The van der Waals surface area contributed by atoms with Crippen LogP contribution in [0.15, 0.2) is 30.3 Å². The van der Waals surface area contributed by atoms with Gasteiger partial charge in [-0.1, -0.05) is 37.3 Å². The highest BCUT2D eigenvalue weighted by Gasteiger charge is 2.23. The third-order valence-corrected chi connectivity index (χ3v) is 3.31. The van der Waals surface area contributed by atoms with E-state index in [4.69, 9.17) is 5.11 Å². The highest BCUT2D eigenvalue weighted by molar-refractivity contribution is 5.96. The van der Waals surface area contributed by atoms with Gasteiger partial charge in [0.05, 0.1) is 12.6 Å². The molecule has 0 fully saturated rings. The molecule has 0 aromatic heterocycles. The summed E-state index contributed by atoms with van der Waals surface area (Å²) >= 11 is 0. The number of rotatable bonds is 8. The van der Waals surface area contributed by atoms with E-state index in [1.807, 2.05) is 37.3 Å². The Morgan fingerprint density at radius 1 is 1.22 bits per heavy atom. The number of nitrogens with zero attached hydrogens (tertiary/aromatic N) is 1. The fraction of sp³-hybridized carbons (Fsp3) is 0.438. The molecule has 0 saturated heterocycles. The molecular weight excluding hydrogens is 298 g/mol. The van der Waals surface area contributed by atoms with Crippen molar-refractivity contribution in [1.29, 1.82) is 0 Å². The van der Waals surface area contributed by atoms with Crippen molar-refractivity contribution in [2.24, 2.45) is 0 Å². The van der Waals surface area contributed by atoms with Crippen molar-refractivity contribution in [3.05, 3.63) is 35.9 Å². The van der Waals surface area contributed by atoms with Crippen LogP contribution in [0.2, 0.25) is 0 Å². The first-order chi connectivity index (χ1) is 10.9. The summed E-state index contributed by atoms with van der Waals surface area (Å²) in [5.41, 5.74) is 0.918. The Balaban J connectivity index is 2.48. The predicted molar refractivity (Wildman–Crippen MR) is 85.8 cm³/mol. The van der Waals surface area contributed by atoms with Gasteiger partial charge in [0.15, 0.2) is 0 Å². The number of hydrogen-bond donors (Lipinski definition) is 3. The van der Waals surface area contributed by atoms with Gasteiger partial charge in [0.2, 0.25) is 5.91 Å². The largest absolute Gasteiger partial charge is 0.480 e. The molecule has 0 heterocycles. The minimum Gasteiger partial charge on any atom is -0.480 e. The van der Waals surface area contributed by atoms with Crippen LogP contribution in [-0.2, 0) is 16.1 Å². The van der Waals surface area contributed by atoms with Gasteiger partial charge in [-0.2, -0.15) is 0 Å². The maximum absolute atomic E-state index is 12.1. The van der Waals surface area contributed by atoms with Crippen LogP contribution in [0.4, 0.5) is 4.79 Å². The number of aliphatic carboxylic acids is 1. The van der Waals surface area contributed by atoms with Crippen molar-refractivity contribution in [2.75, 3.05) is 13.1 Å². The van der Waals surface area contributed by atoms with Crippen LogP contribution in [0.25, 0.3) is 0 Å². The molecule has 0 aliphatic rings. The van der Waals surface area contributed by atoms with Crippen LogP contribution in [0.1, 0.15) is 25.8 Å². The number of carboxylic acid groups (broad SMARTS) is 1. The van der Waals surface area contributed by atoms with Gasteiger partial charge >= 0.3 is 12.0 Å². The second kappa shape index (κ2) is 9.58. The van der Waals surface area contributed by atoms with E-state index >= 15 is 0 Å². The summed E-state index contributed by atoms with van der Waals surface area (Å²) in [5, 5.41) is 13.7. The van der Waals surface area contributed by atoms with Gasteiger partial charge in [0.1, 0.15) is 0 Å². The third kappa shape index (κ3) is 6.92. The Bertz CT molecular complexity index is 533. The standard InChI is InChI=1S/C16H23N3O4/c1-3-9-19(11-14(20)21)12(2)15(22)18-16(23)17-10-13-7-5-4-6-8-13/h4-8,12H,3,9-11H2,1-2H3,(H,20,21)(H2,17,18,22,23). The minimum atomic E-state index is -1.01. The molecule has 0 saturated carbocycles. The Labute approximate surface area is 135 Å². The lowest BCUT2D eigenvalue weighted by Crippen LogP contribution is -2.50. The number of urea groups is 1. The molecule has 0 aliphatic carbocycles. The molecule has 0 bridgehead atoms. The normalized spacial score (nSPS) is 11.8. The second-order valence-electron chi connectivity index (χ2n) is 5.20. The van der Waals surface area contributed by atoms with Gasteiger partial charge in [-0.3, -0.25) is 19.8 Å². The zero-order valence-electron chi connectivity index (χ0n) is 13.4. The summed E-state index contributed by atoms with van der Waals surface area (Å²) < 4.78 is 0. The lowest BCUT2D eigenvalue weighted by molar-refractivity contribution is -0.139. The van der Waals surface area contributed by atoms with Crippen molar-refractivity contribution in [2.45, 2.75) is 32.9 Å². The fourth-order valence-electron chi connectivity index (χ4n) is 2.08. The number of imide groups is 1. The Hall–Kier alpha value is -2.41. The molecule has 1 unspecified atom stereocenters. The number of amides is 3. The first-order valence-electron chi connectivity index (χ1n) is 7.52. The summed E-state index contributed by atoms with van der Waals surface area (Å²) in [4.78, 5) is 36.2. The van der Waals surface area contributed by atoms with E-state index in [9.17, 15) is 14.4 Å². The van der Waals surface area contributed by atoms with Gasteiger partial charge in [0, 0.05) is 6.54 Å². The van der Waals surface area contributed by atoms with Gasteiger partial charge < -0.3 is 10.4 Å². The minimum absolute atomic E-state index is 0.242. The number of hydrogen-bond acceptors (Lipinski definition) is 4. The molecule has 0 radical (unpaired) electrons. The van der Waals surface area contributed by atoms with Crippen LogP contribution >= 0.6 is 0 Å². The lowest BCUT2D eigenvalue weighted by atomic mass is 10.2. The maximum atomic E-state index is 12.1. The van der Waals surface area contributed by atoms with Crippen LogP contribution in [0, 0.1) is 0 Å². The molecule has 0 aliphatic heterocycles. The Morgan fingerprint density at radius 2 is 1.87 bits per heavy atom. The number of carbonyl (C=O) groups is 3. The van der Waals surface area contributed by atoms with E-state index in [0.29, 0.717) is 19.5 Å². The number of nitrogens with one attached hydrogen (secondary N) is 2. The van der Waals surface area contributed by atoms with Crippen LogP contribution < -0.4 is 10.6 Å². The summed E-state index contributed by atoms with van der Waals surface area (Å²) in [6, 6.07) is 8.01. The van der Waals surface area contributed by atoms with E-state index in [1.54, 1.807) is 6.92 Å². The summed E-state index contributed by atoms with van der Waals surface area (Å²) in [6.07, 6.45) is 0.713. The van der Waals surface area contributed by atoms with E-state index < -0.39 is 23.9 Å². The highest BCUT2D eigenvalue weighted by Crippen LogP contribution is 2.01.